The molecule has 0 spiro atoms. The smallest absolute Gasteiger partial charge is 0.326 e. The Morgan fingerprint density at radius 3 is 2.42 bits per heavy atom. The number of aryl methyl sites for hydroxylation is 1. The highest BCUT2D eigenvalue weighted by Crippen LogP contribution is 2.28. The number of pyridine rings is 1. The topological polar surface area (TPSA) is 82.6 Å². The maximum Gasteiger partial charge on any atom is 0.332 e. The Morgan fingerprint density at radius 1 is 1.00 bits per heavy atom. The van der Waals surface area contributed by atoms with Gasteiger partial charge in [0.2, 0.25) is 5.91 Å². The van der Waals surface area contributed by atoms with Crippen LogP contribution in [-0.4, -0.2) is 33.8 Å². The summed E-state index contributed by atoms with van der Waals surface area (Å²) in [6.45, 7) is 2.12. The molecule has 2 heterocycles. The van der Waals surface area contributed by atoms with Gasteiger partial charge in [0.1, 0.15) is 6.04 Å². The van der Waals surface area contributed by atoms with E-state index in [0.29, 0.717) is 11.4 Å². The molecule has 1 fully saturated rings. The van der Waals surface area contributed by atoms with Crippen LogP contribution in [0.15, 0.2) is 79.1 Å². The van der Waals surface area contributed by atoms with Gasteiger partial charge in [-0.2, -0.15) is 0 Å². The Morgan fingerprint density at radius 2 is 1.74 bits per heavy atom. The minimum Gasteiger partial charge on any atom is -0.326 e. The third kappa shape index (κ3) is 4.45. The standard InChI is InChI=1S/C24H22N4O3/c1-17-9-11-20(12-10-17)28-23(30)21(14-22(29)26-19-7-3-2-4-8-19)27(24(28)31)16-18-6-5-13-25-15-18/h2-13,15,21H,14,16H2,1H3,(H,26,29)/t21-/m0/s1. The number of imide groups is 1. The van der Waals surface area contributed by atoms with Crippen LogP contribution in [0.3, 0.4) is 0 Å². The summed E-state index contributed by atoms with van der Waals surface area (Å²) in [4.78, 5) is 45.8. The van der Waals surface area contributed by atoms with Crippen LogP contribution in [0.25, 0.3) is 0 Å². The van der Waals surface area contributed by atoms with Gasteiger partial charge < -0.3 is 10.2 Å². The van der Waals surface area contributed by atoms with Gasteiger partial charge in [-0.15, -0.1) is 0 Å². The van der Waals surface area contributed by atoms with Gasteiger partial charge in [-0.1, -0.05) is 42.0 Å². The van der Waals surface area contributed by atoms with Crippen molar-refractivity contribution in [3.63, 3.8) is 0 Å². The fraction of sp³-hybridized carbons (Fsp3) is 0.167. The molecule has 0 unspecified atom stereocenters. The third-order valence-electron chi connectivity index (χ3n) is 5.12. The second kappa shape index (κ2) is 8.79. The summed E-state index contributed by atoms with van der Waals surface area (Å²) in [5, 5.41) is 2.79. The van der Waals surface area contributed by atoms with Crippen LogP contribution < -0.4 is 10.2 Å². The van der Waals surface area contributed by atoms with Crippen LogP contribution in [0.4, 0.5) is 16.2 Å². The molecular weight excluding hydrogens is 392 g/mol. The number of anilines is 2. The number of hydrogen-bond donors (Lipinski definition) is 1. The van der Waals surface area contributed by atoms with Crippen molar-refractivity contribution in [3.05, 3.63) is 90.3 Å². The first kappa shape index (κ1) is 20.3. The zero-order valence-corrected chi connectivity index (χ0v) is 17.1. The van der Waals surface area contributed by atoms with E-state index < -0.39 is 18.0 Å². The minimum absolute atomic E-state index is 0.137. The second-order valence-corrected chi connectivity index (χ2v) is 7.42. The number of para-hydroxylation sites is 1. The lowest BCUT2D eigenvalue weighted by Crippen LogP contribution is -2.37. The average Bonchev–Trinajstić information content (AvgIpc) is 3.00. The third-order valence-corrected chi connectivity index (χ3v) is 5.12. The number of rotatable bonds is 6. The molecule has 7 heteroatoms. The highest BCUT2D eigenvalue weighted by molar-refractivity contribution is 6.22. The van der Waals surface area contributed by atoms with E-state index in [1.165, 1.54) is 4.90 Å². The van der Waals surface area contributed by atoms with Crippen LogP contribution >= 0.6 is 0 Å². The van der Waals surface area contributed by atoms with Gasteiger partial charge in [-0.3, -0.25) is 14.6 Å². The molecule has 1 aromatic heterocycles. The van der Waals surface area contributed by atoms with E-state index in [0.717, 1.165) is 16.0 Å². The highest BCUT2D eigenvalue weighted by Gasteiger charge is 2.46. The summed E-state index contributed by atoms with van der Waals surface area (Å²) >= 11 is 0. The molecule has 1 atom stereocenters. The molecule has 0 saturated carbocycles. The average molecular weight is 414 g/mol. The molecule has 31 heavy (non-hydrogen) atoms. The lowest BCUT2D eigenvalue weighted by molar-refractivity contribution is -0.124. The molecule has 4 amide bonds. The molecule has 7 nitrogen and oxygen atoms in total. The molecule has 1 saturated heterocycles. The number of benzene rings is 2. The second-order valence-electron chi connectivity index (χ2n) is 7.42. The normalized spacial score (nSPS) is 16.0. The number of urea groups is 1. The molecule has 4 rings (SSSR count). The van der Waals surface area contributed by atoms with Gasteiger partial charge in [0.15, 0.2) is 0 Å². The van der Waals surface area contributed by atoms with Crippen LogP contribution in [0, 0.1) is 6.92 Å². The van der Waals surface area contributed by atoms with E-state index in [4.69, 9.17) is 0 Å². The van der Waals surface area contributed by atoms with Crippen molar-refractivity contribution in [2.75, 3.05) is 10.2 Å². The first-order valence-electron chi connectivity index (χ1n) is 9.98. The number of aromatic nitrogens is 1. The van der Waals surface area contributed by atoms with Crippen molar-refractivity contribution in [1.82, 2.24) is 9.88 Å². The van der Waals surface area contributed by atoms with Crippen LogP contribution in [0.1, 0.15) is 17.5 Å². The van der Waals surface area contributed by atoms with E-state index in [9.17, 15) is 14.4 Å². The molecule has 1 N–H and O–H groups in total. The van der Waals surface area contributed by atoms with Crippen molar-refractivity contribution in [3.8, 4) is 0 Å². The van der Waals surface area contributed by atoms with E-state index in [1.807, 2.05) is 43.3 Å². The molecule has 0 radical (unpaired) electrons. The van der Waals surface area contributed by atoms with Gasteiger partial charge in [0, 0.05) is 24.6 Å². The van der Waals surface area contributed by atoms with E-state index in [1.54, 1.807) is 42.7 Å². The Balaban J connectivity index is 1.60. The molecular formula is C24H22N4O3. The monoisotopic (exact) mass is 414 g/mol. The van der Waals surface area contributed by atoms with Gasteiger partial charge in [0.25, 0.3) is 5.91 Å². The zero-order chi connectivity index (χ0) is 21.8. The molecule has 1 aliphatic heterocycles. The lowest BCUT2D eigenvalue weighted by atomic mass is 10.1. The number of nitrogens with one attached hydrogen (secondary N) is 1. The highest BCUT2D eigenvalue weighted by atomic mass is 16.2. The fourth-order valence-corrected chi connectivity index (χ4v) is 3.54. The number of nitrogens with zero attached hydrogens (tertiary/aromatic N) is 3. The summed E-state index contributed by atoms with van der Waals surface area (Å²) in [5.74, 6) is -0.750. The summed E-state index contributed by atoms with van der Waals surface area (Å²) in [7, 11) is 0. The molecule has 3 aromatic rings. The van der Waals surface area contributed by atoms with Gasteiger partial charge in [-0.25, -0.2) is 9.69 Å². The maximum absolute atomic E-state index is 13.3. The molecule has 156 valence electrons. The van der Waals surface area contributed by atoms with Gasteiger partial charge in [0.05, 0.1) is 12.1 Å². The van der Waals surface area contributed by atoms with Crippen molar-refractivity contribution in [2.45, 2.75) is 25.9 Å². The Labute approximate surface area is 180 Å². The quantitative estimate of drug-likeness (QED) is 0.623. The van der Waals surface area contributed by atoms with Crippen LogP contribution in [0.2, 0.25) is 0 Å². The number of hydrogen-bond acceptors (Lipinski definition) is 4. The van der Waals surface area contributed by atoms with E-state index >= 15 is 0 Å². The lowest BCUT2D eigenvalue weighted by Gasteiger charge is -2.21. The van der Waals surface area contributed by atoms with Gasteiger partial charge in [-0.05, 0) is 42.8 Å². The summed E-state index contributed by atoms with van der Waals surface area (Å²) in [6.07, 6.45) is 3.15. The largest absolute Gasteiger partial charge is 0.332 e. The van der Waals surface area contributed by atoms with Crippen LogP contribution in [-0.2, 0) is 16.1 Å². The number of carbonyl (C=O) groups excluding carboxylic acids is 3. The molecule has 1 aliphatic rings. The van der Waals surface area contributed by atoms with E-state index in [2.05, 4.69) is 10.3 Å². The molecule has 0 bridgehead atoms. The summed E-state index contributed by atoms with van der Waals surface area (Å²) in [5.41, 5.74) is 2.93. The predicted molar refractivity (Wildman–Crippen MR) is 117 cm³/mol. The Hall–Kier alpha value is -4.00. The molecule has 2 aromatic carbocycles. The summed E-state index contributed by atoms with van der Waals surface area (Å²) < 4.78 is 0. The van der Waals surface area contributed by atoms with Crippen molar-refractivity contribution in [2.24, 2.45) is 0 Å². The zero-order valence-electron chi connectivity index (χ0n) is 17.1. The Kier molecular flexibility index (Phi) is 5.75. The number of amides is 4. The maximum atomic E-state index is 13.3. The first-order valence-corrected chi connectivity index (χ1v) is 9.98. The van der Waals surface area contributed by atoms with Crippen LogP contribution in [0.5, 0.6) is 0 Å². The predicted octanol–water partition coefficient (Wildman–Crippen LogP) is 3.76. The fourth-order valence-electron chi connectivity index (χ4n) is 3.54. The first-order chi connectivity index (χ1) is 15.0. The van der Waals surface area contributed by atoms with Crippen molar-refractivity contribution < 1.29 is 14.4 Å². The minimum atomic E-state index is -0.905. The van der Waals surface area contributed by atoms with Gasteiger partial charge >= 0.3 is 6.03 Å². The van der Waals surface area contributed by atoms with Crippen molar-refractivity contribution >= 4 is 29.2 Å². The van der Waals surface area contributed by atoms with E-state index in [-0.39, 0.29) is 18.9 Å². The summed E-state index contributed by atoms with van der Waals surface area (Å²) in [6, 6.07) is 18.4. The van der Waals surface area contributed by atoms with Crippen molar-refractivity contribution in [1.29, 1.82) is 0 Å². The Bertz CT molecular complexity index is 1080. The number of carbonyl (C=O) groups is 3. The molecule has 0 aliphatic carbocycles. The SMILES string of the molecule is Cc1ccc(N2C(=O)[C@H](CC(=O)Nc3ccccc3)N(Cc3cccnc3)C2=O)cc1.